The molecule has 0 saturated carbocycles. The van der Waals surface area contributed by atoms with Gasteiger partial charge in [-0.1, -0.05) is 43.3 Å². The second-order valence-electron chi connectivity index (χ2n) is 8.15. The highest BCUT2D eigenvalue weighted by molar-refractivity contribution is 6.03. The van der Waals surface area contributed by atoms with Gasteiger partial charge in [0.05, 0.1) is 42.1 Å². The normalized spacial score (nSPS) is 15.1. The molecular formula is C28H27N3O3. The highest BCUT2D eigenvalue weighted by atomic mass is 16.5. The number of imidazole rings is 1. The van der Waals surface area contributed by atoms with Gasteiger partial charge in [-0.15, -0.1) is 0 Å². The van der Waals surface area contributed by atoms with Crippen LogP contribution >= 0.6 is 0 Å². The Balaban J connectivity index is 1.79. The zero-order chi connectivity index (χ0) is 23.7. The number of benzene rings is 3. The van der Waals surface area contributed by atoms with Crippen LogP contribution in [0.25, 0.3) is 16.7 Å². The van der Waals surface area contributed by atoms with E-state index < -0.39 is 6.04 Å². The van der Waals surface area contributed by atoms with Crippen LogP contribution in [0.5, 0.6) is 5.75 Å². The van der Waals surface area contributed by atoms with Crippen LogP contribution in [0.4, 0.5) is 5.95 Å². The third kappa shape index (κ3) is 3.71. The van der Waals surface area contributed by atoms with Crippen molar-refractivity contribution >= 4 is 28.6 Å². The maximum absolute atomic E-state index is 13.5. The topological polar surface area (TPSA) is 65.4 Å². The van der Waals surface area contributed by atoms with Gasteiger partial charge in [0.1, 0.15) is 5.75 Å². The molecule has 1 atom stereocenters. The molecule has 4 aromatic rings. The summed E-state index contributed by atoms with van der Waals surface area (Å²) in [6.45, 7) is 4.24. The minimum absolute atomic E-state index is 0.289. The molecule has 172 valence electrons. The lowest BCUT2D eigenvalue weighted by molar-refractivity contribution is -0.138. The summed E-state index contributed by atoms with van der Waals surface area (Å²) in [5.74, 6) is 1.08. The van der Waals surface area contributed by atoms with Crippen LogP contribution in [0, 0.1) is 0 Å². The number of nitrogens with one attached hydrogen (secondary N) is 1. The summed E-state index contributed by atoms with van der Waals surface area (Å²) in [7, 11) is 1.63. The van der Waals surface area contributed by atoms with Gasteiger partial charge in [0.15, 0.2) is 0 Å². The average Bonchev–Trinajstić information content (AvgIpc) is 3.26. The number of fused-ring (bicyclic) bond motifs is 3. The second-order valence-corrected chi connectivity index (χ2v) is 8.15. The number of rotatable bonds is 6. The van der Waals surface area contributed by atoms with Gasteiger partial charge < -0.3 is 14.8 Å². The van der Waals surface area contributed by atoms with Crippen molar-refractivity contribution in [1.82, 2.24) is 9.55 Å². The molecule has 1 aliphatic rings. The molecule has 0 fully saturated rings. The Morgan fingerprint density at radius 1 is 1.00 bits per heavy atom. The van der Waals surface area contributed by atoms with Crippen LogP contribution in [0.2, 0.25) is 0 Å². The van der Waals surface area contributed by atoms with Crippen molar-refractivity contribution in [2.24, 2.45) is 0 Å². The summed E-state index contributed by atoms with van der Waals surface area (Å²) in [6, 6.07) is 23.6. The summed E-state index contributed by atoms with van der Waals surface area (Å²) in [6.07, 6.45) is 0.948. The van der Waals surface area contributed by atoms with E-state index >= 15 is 0 Å². The predicted molar refractivity (Wildman–Crippen MR) is 134 cm³/mol. The van der Waals surface area contributed by atoms with Crippen molar-refractivity contribution in [3.63, 3.8) is 0 Å². The van der Waals surface area contributed by atoms with Crippen LogP contribution in [0.3, 0.4) is 0 Å². The monoisotopic (exact) mass is 453 g/mol. The number of nitrogens with zero attached hydrogens (tertiary/aromatic N) is 2. The number of esters is 1. The average molecular weight is 454 g/mol. The van der Waals surface area contributed by atoms with E-state index in [0.717, 1.165) is 34.3 Å². The Morgan fingerprint density at radius 2 is 1.74 bits per heavy atom. The predicted octanol–water partition coefficient (Wildman–Crippen LogP) is 5.60. The maximum atomic E-state index is 13.5. The molecule has 0 amide bonds. The number of carbonyl (C=O) groups is 1. The molecule has 1 unspecified atom stereocenters. The number of anilines is 1. The molecule has 0 radical (unpaired) electrons. The SMILES string of the molecule is CCOC(=O)C1=C(c2ccc(OC)cc2)Nc2nc3ccccc3n2C1c1ccc(CC)cc1. The molecule has 3 aromatic carbocycles. The maximum Gasteiger partial charge on any atom is 0.338 e. The number of aromatic nitrogens is 2. The minimum atomic E-state index is -0.397. The van der Waals surface area contributed by atoms with E-state index in [4.69, 9.17) is 14.5 Å². The Morgan fingerprint density at radius 3 is 2.41 bits per heavy atom. The van der Waals surface area contributed by atoms with E-state index in [2.05, 4.69) is 41.1 Å². The quantitative estimate of drug-likeness (QED) is 0.385. The molecule has 0 bridgehead atoms. The van der Waals surface area contributed by atoms with E-state index in [1.54, 1.807) is 7.11 Å². The fraction of sp³-hybridized carbons (Fsp3) is 0.214. The van der Waals surface area contributed by atoms with E-state index in [1.807, 2.05) is 55.5 Å². The highest BCUT2D eigenvalue weighted by Crippen LogP contribution is 2.42. The fourth-order valence-corrected chi connectivity index (χ4v) is 4.50. The molecule has 34 heavy (non-hydrogen) atoms. The number of carbonyl (C=O) groups excluding carboxylic acids is 1. The Kier molecular flexibility index (Phi) is 5.80. The highest BCUT2D eigenvalue weighted by Gasteiger charge is 2.36. The zero-order valence-electron chi connectivity index (χ0n) is 19.5. The number of methoxy groups -OCH3 is 1. The van der Waals surface area contributed by atoms with Crippen LogP contribution in [0.15, 0.2) is 78.4 Å². The third-order valence-electron chi connectivity index (χ3n) is 6.21. The molecule has 6 heteroatoms. The van der Waals surface area contributed by atoms with Gasteiger partial charge in [0.2, 0.25) is 5.95 Å². The number of ether oxygens (including phenoxy) is 2. The summed E-state index contributed by atoms with van der Waals surface area (Å²) in [4.78, 5) is 18.4. The lowest BCUT2D eigenvalue weighted by Crippen LogP contribution is -2.29. The summed E-state index contributed by atoms with van der Waals surface area (Å²) < 4.78 is 13.0. The van der Waals surface area contributed by atoms with Crippen LogP contribution in [0.1, 0.15) is 36.6 Å². The molecule has 1 N–H and O–H groups in total. The first-order chi connectivity index (χ1) is 16.6. The molecule has 6 nitrogen and oxygen atoms in total. The Bertz CT molecular complexity index is 1370. The first-order valence-corrected chi connectivity index (χ1v) is 11.5. The summed E-state index contributed by atoms with van der Waals surface area (Å²) in [5, 5.41) is 3.44. The fourth-order valence-electron chi connectivity index (χ4n) is 4.50. The molecule has 0 saturated heterocycles. The smallest absolute Gasteiger partial charge is 0.338 e. The van der Waals surface area contributed by atoms with Crippen molar-refractivity contribution in [3.05, 3.63) is 95.1 Å². The van der Waals surface area contributed by atoms with E-state index in [-0.39, 0.29) is 12.6 Å². The van der Waals surface area contributed by atoms with Gasteiger partial charge in [-0.2, -0.15) is 0 Å². The third-order valence-corrected chi connectivity index (χ3v) is 6.21. The van der Waals surface area contributed by atoms with Gasteiger partial charge >= 0.3 is 5.97 Å². The van der Waals surface area contributed by atoms with Crippen molar-refractivity contribution in [3.8, 4) is 5.75 Å². The summed E-state index contributed by atoms with van der Waals surface area (Å²) >= 11 is 0. The Hall–Kier alpha value is -4.06. The van der Waals surface area contributed by atoms with E-state index in [1.165, 1.54) is 5.56 Å². The van der Waals surface area contributed by atoms with Gasteiger partial charge in [0.25, 0.3) is 0 Å². The van der Waals surface area contributed by atoms with Gasteiger partial charge in [-0.05, 0) is 66.4 Å². The van der Waals surface area contributed by atoms with E-state index in [9.17, 15) is 4.79 Å². The first kappa shape index (κ1) is 21.8. The number of hydrogen-bond donors (Lipinski definition) is 1. The molecule has 0 spiro atoms. The molecule has 0 aliphatic carbocycles. The number of para-hydroxylation sites is 2. The van der Waals surface area contributed by atoms with Crippen molar-refractivity contribution in [2.75, 3.05) is 19.0 Å². The molecule has 1 aliphatic heterocycles. The van der Waals surface area contributed by atoms with Crippen LogP contribution in [-0.4, -0.2) is 29.2 Å². The largest absolute Gasteiger partial charge is 0.497 e. The number of aryl methyl sites for hydroxylation is 1. The second kappa shape index (κ2) is 9.06. The molecule has 1 aromatic heterocycles. The van der Waals surface area contributed by atoms with Crippen molar-refractivity contribution in [1.29, 1.82) is 0 Å². The standard InChI is InChI=1S/C28H27N3O3/c1-4-18-10-12-20(13-11-18)26-24(27(32)34-5-2)25(19-14-16-21(33-3)17-15-19)30-28-29-22-8-6-7-9-23(22)31(26)28/h6-17,26H,4-5H2,1-3H3,(H,29,30). The minimum Gasteiger partial charge on any atom is -0.497 e. The lowest BCUT2D eigenvalue weighted by Gasteiger charge is -2.31. The van der Waals surface area contributed by atoms with Crippen molar-refractivity contribution < 1.29 is 14.3 Å². The lowest BCUT2D eigenvalue weighted by atomic mass is 9.91. The van der Waals surface area contributed by atoms with Gasteiger partial charge in [0, 0.05) is 0 Å². The van der Waals surface area contributed by atoms with Crippen LogP contribution < -0.4 is 10.1 Å². The summed E-state index contributed by atoms with van der Waals surface area (Å²) in [5.41, 5.74) is 6.14. The Labute approximate surface area is 198 Å². The number of hydrogen-bond acceptors (Lipinski definition) is 5. The van der Waals surface area contributed by atoms with E-state index in [0.29, 0.717) is 17.2 Å². The molecular weight excluding hydrogens is 426 g/mol. The zero-order valence-corrected chi connectivity index (χ0v) is 19.5. The van der Waals surface area contributed by atoms with Crippen LogP contribution in [-0.2, 0) is 16.0 Å². The first-order valence-electron chi connectivity index (χ1n) is 11.5. The van der Waals surface area contributed by atoms with Gasteiger partial charge in [-0.25, -0.2) is 9.78 Å². The molecule has 5 rings (SSSR count). The molecule has 2 heterocycles. The van der Waals surface area contributed by atoms with Gasteiger partial charge in [-0.3, -0.25) is 4.57 Å². The van der Waals surface area contributed by atoms with Crippen molar-refractivity contribution in [2.45, 2.75) is 26.3 Å².